The Morgan fingerprint density at radius 3 is 2.43 bits per heavy atom. The van der Waals surface area contributed by atoms with Crippen molar-refractivity contribution in [2.24, 2.45) is 17.8 Å². The van der Waals surface area contributed by atoms with Gasteiger partial charge in [0.25, 0.3) is 0 Å². The highest BCUT2D eigenvalue weighted by Gasteiger charge is 2.35. The summed E-state index contributed by atoms with van der Waals surface area (Å²) >= 11 is 0. The average molecular weight is 403 g/mol. The molecule has 2 saturated carbocycles. The first kappa shape index (κ1) is 21.2. The Labute approximate surface area is 182 Å². The SMILES string of the molecule is CCCCC1CC[C@@H]2C[C@H](c3ccc(C#Cc4ccc(C)cc4)c(F)c3)CC[C@@H]2C1. The van der Waals surface area contributed by atoms with Gasteiger partial charge in [0, 0.05) is 5.56 Å². The Kier molecular flexibility index (Phi) is 6.93. The van der Waals surface area contributed by atoms with Crippen LogP contribution >= 0.6 is 0 Å². The van der Waals surface area contributed by atoms with Crippen molar-refractivity contribution in [3.05, 3.63) is 70.5 Å². The molecular formula is C29H35F. The van der Waals surface area contributed by atoms with Crippen molar-refractivity contribution in [3.8, 4) is 11.8 Å². The number of hydrogen-bond acceptors (Lipinski definition) is 0. The molecule has 2 aliphatic carbocycles. The van der Waals surface area contributed by atoms with Crippen LogP contribution in [-0.2, 0) is 0 Å². The van der Waals surface area contributed by atoms with Gasteiger partial charge >= 0.3 is 0 Å². The van der Waals surface area contributed by atoms with Crippen LogP contribution in [0.1, 0.15) is 92.9 Å². The number of hydrogen-bond donors (Lipinski definition) is 0. The molecule has 0 aliphatic heterocycles. The maximum absolute atomic E-state index is 14.8. The predicted molar refractivity (Wildman–Crippen MR) is 124 cm³/mol. The van der Waals surface area contributed by atoms with Crippen molar-refractivity contribution in [1.29, 1.82) is 0 Å². The summed E-state index contributed by atoms with van der Waals surface area (Å²) < 4.78 is 14.8. The average Bonchev–Trinajstić information content (AvgIpc) is 2.77. The molecule has 0 radical (unpaired) electrons. The zero-order chi connectivity index (χ0) is 20.9. The van der Waals surface area contributed by atoms with Gasteiger partial charge in [-0.3, -0.25) is 0 Å². The summed E-state index contributed by atoms with van der Waals surface area (Å²) in [6.07, 6.45) is 12.2. The van der Waals surface area contributed by atoms with E-state index in [2.05, 4.69) is 31.8 Å². The van der Waals surface area contributed by atoms with E-state index >= 15 is 0 Å². The van der Waals surface area contributed by atoms with E-state index < -0.39 is 0 Å². The zero-order valence-corrected chi connectivity index (χ0v) is 18.6. The third-order valence-corrected chi connectivity index (χ3v) is 7.55. The van der Waals surface area contributed by atoms with Crippen molar-refractivity contribution in [2.75, 3.05) is 0 Å². The zero-order valence-electron chi connectivity index (χ0n) is 18.6. The molecule has 1 heteroatoms. The molecule has 158 valence electrons. The van der Waals surface area contributed by atoms with Crippen molar-refractivity contribution < 1.29 is 4.39 Å². The second kappa shape index (κ2) is 9.82. The van der Waals surface area contributed by atoms with Gasteiger partial charge in [-0.1, -0.05) is 68.2 Å². The van der Waals surface area contributed by atoms with E-state index in [-0.39, 0.29) is 5.82 Å². The minimum absolute atomic E-state index is 0.169. The number of unbranched alkanes of at least 4 members (excludes halogenated alkanes) is 1. The molecule has 4 atom stereocenters. The molecule has 2 fully saturated rings. The molecule has 2 aromatic rings. The van der Waals surface area contributed by atoms with E-state index in [9.17, 15) is 4.39 Å². The molecule has 30 heavy (non-hydrogen) atoms. The van der Waals surface area contributed by atoms with Crippen LogP contribution in [-0.4, -0.2) is 0 Å². The number of benzene rings is 2. The smallest absolute Gasteiger partial charge is 0.139 e. The molecule has 4 rings (SSSR count). The Hall–Kier alpha value is -2.07. The van der Waals surface area contributed by atoms with E-state index in [1.165, 1.54) is 68.9 Å². The summed E-state index contributed by atoms with van der Waals surface area (Å²) in [5.41, 5.74) is 3.82. The lowest BCUT2D eigenvalue weighted by atomic mass is 9.63. The van der Waals surface area contributed by atoms with Gasteiger partial charge in [-0.05, 0) is 92.5 Å². The monoisotopic (exact) mass is 402 g/mol. The van der Waals surface area contributed by atoms with E-state index in [0.717, 1.165) is 23.3 Å². The fourth-order valence-electron chi connectivity index (χ4n) is 5.71. The lowest BCUT2D eigenvalue weighted by Gasteiger charge is -2.42. The molecule has 0 amide bonds. The Morgan fingerprint density at radius 1 is 0.900 bits per heavy atom. The van der Waals surface area contributed by atoms with Crippen LogP contribution in [0.3, 0.4) is 0 Å². The largest absolute Gasteiger partial charge is 0.206 e. The molecule has 0 spiro atoms. The highest BCUT2D eigenvalue weighted by atomic mass is 19.1. The van der Waals surface area contributed by atoms with E-state index in [0.29, 0.717) is 11.5 Å². The molecule has 1 unspecified atom stereocenters. The van der Waals surface area contributed by atoms with Crippen LogP contribution in [0.25, 0.3) is 0 Å². The van der Waals surface area contributed by atoms with Crippen LogP contribution in [0, 0.1) is 42.3 Å². The number of fused-ring (bicyclic) bond motifs is 1. The first-order chi connectivity index (χ1) is 14.6. The molecule has 0 nitrogen and oxygen atoms in total. The summed E-state index contributed by atoms with van der Waals surface area (Å²) in [5.74, 6) is 9.20. The Bertz CT molecular complexity index is 898. The maximum Gasteiger partial charge on any atom is 0.139 e. The lowest BCUT2D eigenvalue weighted by molar-refractivity contribution is 0.113. The second-order valence-corrected chi connectivity index (χ2v) is 9.71. The van der Waals surface area contributed by atoms with Crippen LogP contribution in [0.15, 0.2) is 42.5 Å². The molecule has 0 heterocycles. The van der Waals surface area contributed by atoms with Crippen molar-refractivity contribution in [2.45, 2.75) is 77.6 Å². The molecule has 0 saturated heterocycles. The summed E-state index contributed by atoms with van der Waals surface area (Å²) in [7, 11) is 0. The molecule has 2 aromatic carbocycles. The van der Waals surface area contributed by atoms with E-state index in [4.69, 9.17) is 0 Å². The first-order valence-electron chi connectivity index (χ1n) is 12.0. The maximum atomic E-state index is 14.8. The van der Waals surface area contributed by atoms with Gasteiger partial charge in [-0.15, -0.1) is 0 Å². The minimum Gasteiger partial charge on any atom is -0.206 e. The van der Waals surface area contributed by atoms with Crippen LogP contribution in [0.5, 0.6) is 0 Å². The molecular weight excluding hydrogens is 367 g/mol. The number of aryl methyl sites for hydroxylation is 1. The third-order valence-electron chi connectivity index (χ3n) is 7.55. The molecule has 0 N–H and O–H groups in total. The second-order valence-electron chi connectivity index (χ2n) is 9.71. The van der Waals surface area contributed by atoms with Gasteiger partial charge in [0.2, 0.25) is 0 Å². The first-order valence-corrected chi connectivity index (χ1v) is 12.0. The van der Waals surface area contributed by atoms with Crippen molar-refractivity contribution >= 4 is 0 Å². The van der Waals surface area contributed by atoms with Gasteiger partial charge in [0.1, 0.15) is 5.82 Å². The third kappa shape index (κ3) is 5.15. The highest BCUT2D eigenvalue weighted by molar-refractivity contribution is 5.45. The quantitative estimate of drug-likeness (QED) is 0.454. The van der Waals surface area contributed by atoms with Gasteiger partial charge in [0.05, 0.1) is 5.56 Å². The topological polar surface area (TPSA) is 0 Å². The van der Waals surface area contributed by atoms with Crippen LogP contribution in [0.4, 0.5) is 4.39 Å². The summed E-state index contributed by atoms with van der Waals surface area (Å²) in [6.45, 7) is 4.36. The number of rotatable bonds is 4. The Morgan fingerprint density at radius 2 is 1.67 bits per heavy atom. The summed E-state index contributed by atoms with van der Waals surface area (Å²) in [5, 5.41) is 0. The van der Waals surface area contributed by atoms with E-state index in [1.54, 1.807) is 6.07 Å². The highest BCUT2D eigenvalue weighted by Crippen LogP contribution is 2.48. The molecule has 0 bridgehead atoms. The molecule has 2 aliphatic rings. The summed E-state index contributed by atoms with van der Waals surface area (Å²) in [6, 6.07) is 13.8. The van der Waals surface area contributed by atoms with Gasteiger partial charge in [0.15, 0.2) is 0 Å². The van der Waals surface area contributed by atoms with Crippen LogP contribution < -0.4 is 0 Å². The normalized spacial score (nSPS) is 25.8. The fourth-order valence-corrected chi connectivity index (χ4v) is 5.71. The lowest BCUT2D eigenvalue weighted by Crippen LogP contribution is -2.30. The predicted octanol–water partition coefficient (Wildman–Crippen LogP) is 8.02. The number of halogens is 1. The standard InChI is InChI=1S/C29H35F/c1-3-4-5-23-11-13-26-19-27(17-16-25(26)18-23)28-15-14-24(29(30)20-28)12-10-22-8-6-21(2)7-9-22/h6-9,14-15,20,23,25-27H,3-5,11,13,16-19H2,1-2H3/t23?,25-,26-,27-/m1/s1. The minimum atomic E-state index is -0.169. The van der Waals surface area contributed by atoms with E-state index in [1.807, 2.05) is 30.3 Å². The summed E-state index contributed by atoms with van der Waals surface area (Å²) in [4.78, 5) is 0. The van der Waals surface area contributed by atoms with Crippen molar-refractivity contribution in [1.82, 2.24) is 0 Å². The van der Waals surface area contributed by atoms with Gasteiger partial charge in [-0.25, -0.2) is 4.39 Å². The van der Waals surface area contributed by atoms with Gasteiger partial charge < -0.3 is 0 Å². The van der Waals surface area contributed by atoms with Crippen molar-refractivity contribution in [3.63, 3.8) is 0 Å². The fraction of sp³-hybridized carbons (Fsp3) is 0.517. The molecule has 0 aromatic heterocycles. The Balaban J connectivity index is 1.39. The van der Waals surface area contributed by atoms with Gasteiger partial charge in [-0.2, -0.15) is 0 Å². The van der Waals surface area contributed by atoms with Crippen LogP contribution in [0.2, 0.25) is 0 Å².